The number of carbonyl (C=O) groups is 6. The molecule has 4 amide bonds. The van der Waals surface area contributed by atoms with E-state index in [0.717, 1.165) is 0 Å². The van der Waals surface area contributed by atoms with E-state index in [9.17, 15) is 33.9 Å². The summed E-state index contributed by atoms with van der Waals surface area (Å²) in [6, 6.07) is -5.20. The summed E-state index contributed by atoms with van der Waals surface area (Å²) in [6.07, 6.45) is 0.504. The molecule has 176 valence electrons. The van der Waals surface area contributed by atoms with Crippen molar-refractivity contribution in [3.8, 4) is 0 Å². The molecule has 0 spiro atoms. The van der Waals surface area contributed by atoms with Gasteiger partial charge in [0.25, 0.3) is 0 Å². The zero-order valence-electron chi connectivity index (χ0n) is 17.3. The highest BCUT2D eigenvalue weighted by molar-refractivity contribution is 7.98. The lowest BCUT2D eigenvalue weighted by Gasteiger charge is -2.24. The van der Waals surface area contributed by atoms with Gasteiger partial charge in [-0.3, -0.25) is 24.0 Å². The van der Waals surface area contributed by atoms with E-state index in [1.807, 2.05) is 0 Å². The summed E-state index contributed by atoms with van der Waals surface area (Å²) >= 11 is 1.36. The molecule has 9 N–H and O–H groups in total. The van der Waals surface area contributed by atoms with E-state index in [1.54, 1.807) is 6.26 Å². The Kier molecular flexibility index (Phi) is 12.9. The first-order valence-electron chi connectivity index (χ1n) is 9.27. The third-order valence-corrected chi connectivity index (χ3v) is 4.61. The molecule has 0 saturated heterocycles. The Balaban J connectivity index is 5.44. The third-order valence-electron chi connectivity index (χ3n) is 3.96. The predicted molar refractivity (Wildman–Crippen MR) is 111 cm³/mol. The molecular formula is C17H29N5O8S. The molecule has 31 heavy (non-hydrogen) atoms. The molecule has 0 rings (SSSR count). The van der Waals surface area contributed by atoms with Crippen molar-refractivity contribution in [1.82, 2.24) is 16.0 Å². The van der Waals surface area contributed by atoms with Crippen molar-refractivity contribution in [3.05, 3.63) is 0 Å². The van der Waals surface area contributed by atoms with Gasteiger partial charge in [0.1, 0.15) is 18.1 Å². The van der Waals surface area contributed by atoms with Crippen molar-refractivity contribution < 1.29 is 39.0 Å². The Morgan fingerprint density at radius 2 is 1.39 bits per heavy atom. The monoisotopic (exact) mass is 463 g/mol. The zero-order valence-corrected chi connectivity index (χ0v) is 18.1. The van der Waals surface area contributed by atoms with Gasteiger partial charge in [-0.25, -0.2) is 4.79 Å². The molecule has 0 aliphatic carbocycles. The Morgan fingerprint density at radius 1 is 0.871 bits per heavy atom. The second-order valence-corrected chi connectivity index (χ2v) is 7.68. The van der Waals surface area contributed by atoms with Crippen molar-refractivity contribution in [2.75, 3.05) is 12.0 Å². The number of hydrogen-bond donors (Lipinski definition) is 7. The molecule has 0 aromatic heterocycles. The number of primary amides is 1. The largest absolute Gasteiger partial charge is 0.481 e. The van der Waals surface area contributed by atoms with Gasteiger partial charge in [0.2, 0.25) is 23.6 Å². The van der Waals surface area contributed by atoms with Crippen LogP contribution in [0.3, 0.4) is 0 Å². The van der Waals surface area contributed by atoms with Crippen LogP contribution < -0.4 is 27.4 Å². The molecule has 0 radical (unpaired) electrons. The number of nitrogens with one attached hydrogen (secondary N) is 3. The molecule has 4 unspecified atom stereocenters. The summed E-state index contributed by atoms with van der Waals surface area (Å²) in [7, 11) is 0. The minimum atomic E-state index is -1.62. The number of amides is 4. The van der Waals surface area contributed by atoms with Gasteiger partial charge >= 0.3 is 11.9 Å². The molecule has 13 nitrogen and oxygen atoms in total. The number of carbonyl (C=O) groups excluding carboxylic acids is 4. The first kappa shape index (κ1) is 28.1. The van der Waals surface area contributed by atoms with Gasteiger partial charge in [0.05, 0.1) is 12.5 Å². The quantitative estimate of drug-likeness (QED) is 0.133. The highest BCUT2D eigenvalue weighted by atomic mass is 32.2. The van der Waals surface area contributed by atoms with Crippen LogP contribution in [0.15, 0.2) is 0 Å². The Labute approximate surface area is 183 Å². The third kappa shape index (κ3) is 11.8. The van der Waals surface area contributed by atoms with Crippen molar-refractivity contribution in [2.24, 2.45) is 11.5 Å². The van der Waals surface area contributed by atoms with E-state index in [1.165, 1.54) is 18.7 Å². The fraction of sp³-hybridized carbons (Fsp3) is 0.647. The minimum Gasteiger partial charge on any atom is -0.481 e. The molecule has 0 aromatic rings. The summed E-state index contributed by atoms with van der Waals surface area (Å²) in [5.74, 6) is -5.75. The van der Waals surface area contributed by atoms with Gasteiger partial charge in [-0.2, -0.15) is 11.8 Å². The maximum absolute atomic E-state index is 12.6. The van der Waals surface area contributed by atoms with Gasteiger partial charge < -0.3 is 37.6 Å². The first-order chi connectivity index (χ1) is 14.4. The van der Waals surface area contributed by atoms with E-state index in [4.69, 9.17) is 16.6 Å². The van der Waals surface area contributed by atoms with Crippen LogP contribution in [-0.2, 0) is 28.8 Å². The van der Waals surface area contributed by atoms with Crippen LogP contribution in [0.1, 0.15) is 32.6 Å². The number of nitrogens with two attached hydrogens (primary N) is 2. The van der Waals surface area contributed by atoms with Crippen LogP contribution in [0.5, 0.6) is 0 Å². The summed E-state index contributed by atoms with van der Waals surface area (Å²) in [6.45, 7) is 1.36. The standard InChI is InChI=1S/C17H29N5O8S/c1-8(18)14(26)20-9(3-4-12(19)23)15(27)22-11(7-13(24)25)16(28)21-10(17(29)30)5-6-31-2/h8-11H,3-7,18H2,1-2H3,(H2,19,23)(H,20,26)(H,21,28)(H,22,27)(H,24,25)(H,29,30). The SMILES string of the molecule is CSCCC(NC(=O)C(CC(=O)O)NC(=O)C(CCC(N)=O)NC(=O)C(C)N)C(=O)O. The normalized spacial score (nSPS) is 14.4. The van der Waals surface area contributed by atoms with Crippen molar-refractivity contribution in [3.63, 3.8) is 0 Å². The average molecular weight is 464 g/mol. The fourth-order valence-electron chi connectivity index (χ4n) is 2.28. The van der Waals surface area contributed by atoms with E-state index < -0.39 is 66.2 Å². The molecule has 4 atom stereocenters. The van der Waals surface area contributed by atoms with E-state index in [0.29, 0.717) is 5.75 Å². The number of carboxylic acids is 2. The van der Waals surface area contributed by atoms with Crippen LogP contribution >= 0.6 is 11.8 Å². The number of hydrogen-bond acceptors (Lipinski definition) is 8. The molecule has 0 heterocycles. The van der Waals surface area contributed by atoms with Gasteiger partial charge in [-0.05, 0) is 31.8 Å². The maximum Gasteiger partial charge on any atom is 0.326 e. The number of carboxylic acid groups (broad SMARTS) is 2. The van der Waals surface area contributed by atoms with Crippen LogP contribution in [0.2, 0.25) is 0 Å². The van der Waals surface area contributed by atoms with Crippen molar-refractivity contribution in [1.29, 1.82) is 0 Å². The minimum absolute atomic E-state index is 0.0850. The number of rotatable bonds is 15. The summed E-state index contributed by atoms with van der Waals surface area (Å²) < 4.78 is 0. The molecule has 0 bridgehead atoms. The lowest BCUT2D eigenvalue weighted by atomic mass is 10.1. The topological polar surface area (TPSA) is 231 Å². The van der Waals surface area contributed by atoms with Gasteiger partial charge in [-0.15, -0.1) is 0 Å². The number of thioether (sulfide) groups is 1. The number of aliphatic carboxylic acids is 2. The second kappa shape index (κ2) is 14.2. The lowest BCUT2D eigenvalue weighted by Crippen LogP contribution is -2.57. The summed E-state index contributed by atoms with van der Waals surface area (Å²) in [4.78, 5) is 70.4. The Bertz CT molecular complexity index is 687. The van der Waals surface area contributed by atoms with Crippen molar-refractivity contribution in [2.45, 2.75) is 56.8 Å². The van der Waals surface area contributed by atoms with Crippen LogP contribution in [0.4, 0.5) is 0 Å². The summed E-state index contributed by atoms with van der Waals surface area (Å²) in [5, 5.41) is 25.0. The second-order valence-electron chi connectivity index (χ2n) is 6.69. The molecule has 0 aromatic carbocycles. The van der Waals surface area contributed by atoms with E-state index >= 15 is 0 Å². The highest BCUT2D eigenvalue weighted by Crippen LogP contribution is 2.05. The molecule has 0 aliphatic heterocycles. The molecule has 0 fully saturated rings. The summed E-state index contributed by atoms with van der Waals surface area (Å²) in [5.41, 5.74) is 10.5. The van der Waals surface area contributed by atoms with E-state index in [-0.39, 0.29) is 19.3 Å². The zero-order chi connectivity index (χ0) is 24.1. The van der Waals surface area contributed by atoms with Crippen LogP contribution in [0, 0.1) is 0 Å². The average Bonchev–Trinajstić information content (AvgIpc) is 2.66. The lowest BCUT2D eigenvalue weighted by molar-refractivity contribution is -0.143. The fourth-order valence-corrected chi connectivity index (χ4v) is 2.75. The molecule has 0 aliphatic rings. The smallest absolute Gasteiger partial charge is 0.326 e. The first-order valence-corrected chi connectivity index (χ1v) is 10.7. The molecule has 14 heteroatoms. The van der Waals surface area contributed by atoms with Crippen molar-refractivity contribution >= 4 is 47.3 Å². The Morgan fingerprint density at radius 3 is 1.84 bits per heavy atom. The van der Waals surface area contributed by atoms with Gasteiger partial charge in [0, 0.05) is 6.42 Å². The van der Waals surface area contributed by atoms with E-state index in [2.05, 4.69) is 16.0 Å². The van der Waals surface area contributed by atoms with Crippen LogP contribution in [0.25, 0.3) is 0 Å². The van der Waals surface area contributed by atoms with Gasteiger partial charge in [-0.1, -0.05) is 0 Å². The predicted octanol–water partition coefficient (Wildman–Crippen LogP) is -2.63. The van der Waals surface area contributed by atoms with Crippen LogP contribution in [-0.4, -0.2) is 82.0 Å². The highest BCUT2D eigenvalue weighted by Gasteiger charge is 2.31. The molecular weight excluding hydrogens is 434 g/mol. The maximum atomic E-state index is 12.6. The molecule has 0 saturated carbocycles. The Hall–Kier alpha value is -2.87. The van der Waals surface area contributed by atoms with Gasteiger partial charge in [0.15, 0.2) is 0 Å².